The standard InChI is InChI=1S/C21H26N4O3/c1-3-28-21(27)11-10-20(26)25-14-12-24(13-15-25)19-9-8-18(22-23-19)17-7-5-4-6-16(17)2/h4-9H,3,10-15H2,1-2H3. The summed E-state index contributed by atoms with van der Waals surface area (Å²) in [6, 6.07) is 12.1. The van der Waals surface area contributed by atoms with Crippen LogP contribution in [0.25, 0.3) is 11.3 Å². The van der Waals surface area contributed by atoms with Crippen LogP contribution in [0.5, 0.6) is 0 Å². The number of aryl methyl sites for hydroxylation is 1. The molecule has 0 unspecified atom stereocenters. The molecule has 0 atom stereocenters. The number of amides is 1. The SMILES string of the molecule is CCOC(=O)CCC(=O)N1CCN(c2ccc(-c3ccccc3C)nn2)CC1. The summed E-state index contributed by atoms with van der Waals surface area (Å²) in [5.74, 6) is 0.489. The fraction of sp³-hybridized carbons (Fsp3) is 0.429. The third-order valence-corrected chi connectivity index (χ3v) is 4.88. The summed E-state index contributed by atoms with van der Waals surface area (Å²) in [6.07, 6.45) is 0.336. The van der Waals surface area contributed by atoms with E-state index < -0.39 is 0 Å². The van der Waals surface area contributed by atoms with Crippen LogP contribution in [0.1, 0.15) is 25.3 Å². The van der Waals surface area contributed by atoms with Crippen molar-refractivity contribution in [2.75, 3.05) is 37.7 Å². The van der Waals surface area contributed by atoms with Crippen molar-refractivity contribution in [1.29, 1.82) is 0 Å². The molecule has 0 aliphatic carbocycles. The molecule has 1 aliphatic rings. The van der Waals surface area contributed by atoms with Crippen molar-refractivity contribution >= 4 is 17.7 Å². The van der Waals surface area contributed by atoms with Crippen molar-refractivity contribution in [3.05, 3.63) is 42.0 Å². The molecule has 7 nitrogen and oxygen atoms in total. The zero-order valence-electron chi connectivity index (χ0n) is 16.4. The summed E-state index contributed by atoms with van der Waals surface area (Å²) in [4.78, 5) is 27.6. The molecule has 1 saturated heterocycles. The van der Waals surface area contributed by atoms with Gasteiger partial charge < -0.3 is 14.5 Å². The zero-order chi connectivity index (χ0) is 19.9. The number of hydrogen-bond acceptors (Lipinski definition) is 6. The van der Waals surface area contributed by atoms with Gasteiger partial charge in [-0.2, -0.15) is 0 Å². The van der Waals surface area contributed by atoms with E-state index in [9.17, 15) is 9.59 Å². The number of benzene rings is 1. The number of esters is 1. The van der Waals surface area contributed by atoms with Crippen LogP contribution in [0.3, 0.4) is 0 Å². The number of anilines is 1. The van der Waals surface area contributed by atoms with Crippen molar-refractivity contribution in [2.24, 2.45) is 0 Å². The molecule has 0 radical (unpaired) electrons. The van der Waals surface area contributed by atoms with Crippen LogP contribution in [0.4, 0.5) is 5.82 Å². The van der Waals surface area contributed by atoms with Gasteiger partial charge in [-0.05, 0) is 31.5 Å². The van der Waals surface area contributed by atoms with Gasteiger partial charge in [0.2, 0.25) is 5.91 Å². The maximum atomic E-state index is 12.3. The highest BCUT2D eigenvalue weighted by Gasteiger charge is 2.22. The second kappa shape index (κ2) is 9.30. The van der Waals surface area contributed by atoms with E-state index in [4.69, 9.17) is 4.74 Å². The normalized spacial score (nSPS) is 14.1. The number of hydrogen-bond donors (Lipinski definition) is 0. The van der Waals surface area contributed by atoms with E-state index in [1.54, 1.807) is 11.8 Å². The number of ether oxygens (including phenoxy) is 1. The monoisotopic (exact) mass is 382 g/mol. The van der Waals surface area contributed by atoms with Crippen molar-refractivity contribution in [1.82, 2.24) is 15.1 Å². The van der Waals surface area contributed by atoms with E-state index in [2.05, 4.69) is 28.1 Å². The Labute approximate surface area is 165 Å². The van der Waals surface area contributed by atoms with E-state index in [0.717, 1.165) is 17.1 Å². The molecule has 2 aromatic rings. The molecule has 148 valence electrons. The van der Waals surface area contributed by atoms with Crippen LogP contribution in [0.2, 0.25) is 0 Å². The lowest BCUT2D eigenvalue weighted by molar-refractivity contribution is -0.145. The molecule has 7 heteroatoms. The molecule has 2 heterocycles. The topological polar surface area (TPSA) is 75.6 Å². The second-order valence-electron chi connectivity index (χ2n) is 6.76. The van der Waals surface area contributed by atoms with Gasteiger partial charge in [0.05, 0.1) is 18.7 Å². The molecular formula is C21H26N4O3. The molecule has 1 aromatic heterocycles. The first-order chi connectivity index (χ1) is 13.6. The minimum absolute atomic E-state index is 0.00584. The molecule has 1 aliphatic heterocycles. The van der Waals surface area contributed by atoms with Crippen LogP contribution in [-0.2, 0) is 14.3 Å². The number of rotatable bonds is 6. The Morgan fingerprint density at radius 3 is 2.39 bits per heavy atom. The third kappa shape index (κ3) is 4.85. The van der Waals surface area contributed by atoms with E-state index >= 15 is 0 Å². The van der Waals surface area contributed by atoms with Gasteiger partial charge in [-0.1, -0.05) is 24.3 Å². The predicted octanol–water partition coefficient (Wildman–Crippen LogP) is 2.44. The quantitative estimate of drug-likeness (QED) is 0.715. The fourth-order valence-electron chi connectivity index (χ4n) is 3.28. The Morgan fingerprint density at radius 1 is 1.00 bits per heavy atom. The van der Waals surface area contributed by atoms with Gasteiger partial charge in [0, 0.05) is 38.2 Å². The smallest absolute Gasteiger partial charge is 0.306 e. The first-order valence-corrected chi connectivity index (χ1v) is 9.66. The molecule has 0 N–H and O–H groups in total. The van der Waals surface area contributed by atoms with Crippen molar-refractivity contribution in [2.45, 2.75) is 26.7 Å². The Hall–Kier alpha value is -2.96. The van der Waals surface area contributed by atoms with Gasteiger partial charge in [-0.3, -0.25) is 9.59 Å². The molecule has 3 rings (SSSR count). The maximum absolute atomic E-state index is 12.3. The molecule has 1 amide bonds. The third-order valence-electron chi connectivity index (χ3n) is 4.88. The molecule has 1 fully saturated rings. The van der Waals surface area contributed by atoms with E-state index in [1.807, 2.05) is 30.3 Å². The first kappa shape index (κ1) is 19.8. The van der Waals surface area contributed by atoms with Crippen LogP contribution >= 0.6 is 0 Å². The number of carbonyl (C=O) groups excluding carboxylic acids is 2. The van der Waals surface area contributed by atoms with Crippen molar-refractivity contribution in [3.63, 3.8) is 0 Å². The summed E-state index contributed by atoms with van der Waals surface area (Å²) < 4.78 is 4.87. The summed E-state index contributed by atoms with van der Waals surface area (Å²) in [6.45, 7) is 6.78. The molecular weight excluding hydrogens is 356 g/mol. The van der Waals surface area contributed by atoms with Crippen molar-refractivity contribution in [3.8, 4) is 11.3 Å². The predicted molar refractivity (Wildman–Crippen MR) is 107 cm³/mol. The summed E-state index contributed by atoms with van der Waals surface area (Å²) in [5, 5.41) is 8.76. The van der Waals surface area contributed by atoms with E-state index in [-0.39, 0.29) is 24.7 Å². The summed E-state index contributed by atoms with van der Waals surface area (Å²) in [7, 11) is 0. The Kier molecular flexibility index (Phi) is 6.57. The lowest BCUT2D eigenvalue weighted by Crippen LogP contribution is -2.49. The molecule has 1 aromatic carbocycles. The first-order valence-electron chi connectivity index (χ1n) is 9.66. The average molecular weight is 382 g/mol. The summed E-state index contributed by atoms with van der Waals surface area (Å²) in [5.41, 5.74) is 3.10. The lowest BCUT2D eigenvalue weighted by atomic mass is 10.1. The minimum Gasteiger partial charge on any atom is -0.466 e. The van der Waals surface area contributed by atoms with Crippen molar-refractivity contribution < 1.29 is 14.3 Å². The summed E-state index contributed by atoms with van der Waals surface area (Å²) >= 11 is 0. The van der Waals surface area contributed by atoms with E-state index in [0.29, 0.717) is 32.8 Å². The number of nitrogens with zero attached hydrogens (tertiary/aromatic N) is 4. The van der Waals surface area contributed by atoms with Crippen LogP contribution in [0, 0.1) is 6.92 Å². The number of piperazine rings is 1. The maximum Gasteiger partial charge on any atom is 0.306 e. The van der Waals surface area contributed by atoms with Crippen LogP contribution in [-0.4, -0.2) is 59.8 Å². The lowest BCUT2D eigenvalue weighted by Gasteiger charge is -2.35. The minimum atomic E-state index is -0.321. The van der Waals surface area contributed by atoms with Gasteiger partial charge in [0.15, 0.2) is 5.82 Å². The Balaban J connectivity index is 1.53. The highest BCUT2D eigenvalue weighted by molar-refractivity contribution is 5.81. The van der Waals surface area contributed by atoms with Gasteiger partial charge in [0.1, 0.15) is 0 Å². The Bertz CT molecular complexity index is 815. The number of aromatic nitrogens is 2. The fourth-order valence-corrected chi connectivity index (χ4v) is 3.28. The molecule has 0 bridgehead atoms. The molecule has 0 spiro atoms. The van der Waals surface area contributed by atoms with Gasteiger partial charge in [-0.15, -0.1) is 10.2 Å². The molecule has 28 heavy (non-hydrogen) atoms. The largest absolute Gasteiger partial charge is 0.466 e. The van der Waals surface area contributed by atoms with Gasteiger partial charge in [0.25, 0.3) is 0 Å². The zero-order valence-corrected chi connectivity index (χ0v) is 16.4. The van der Waals surface area contributed by atoms with Crippen LogP contribution in [0.15, 0.2) is 36.4 Å². The average Bonchev–Trinajstić information content (AvgIpc) is 2.73. The molecule has 0 saturated carbocycles. The second-order valence-corrected chi connectivity index (χ2v) is 6.76. The highest BCUT2D eigenvalue weighted by Crippen LogP contribution is 2.22. The van der Waals surface area contributed by atoms with Crippen LogP contribution < -0.4 is 4.90 Å². The van der Waals surface area contributed by atoms with Gasteiger partial charge in [-0.25, -0.2) is 0 Å². The highest BCUT2D eigenvalue weighted by atomic mass is 16.5. The van der Waals surface area contributed by atoms with E-state index in [1.165, 1.54) is 5.56 Å². The number of carbonyl (C=O) groups is 2. The van der Waals surface area contributed by atoms with Gasteiger partial charge >= 0.3 is 5.97 Å². The Morgan fingerprint density at radius 2 is 1.75 bits per heavy atom.